The van der Waals surface area contributed by atoms with Gasteiger partial charge >= 0.3 is 0 Å². The molecule has 0 fully saturated rings. The molecule has 0 saturated heterocycles. The molecule has 0 aliphatic carbocycles. The average molecular weight is 717 g/mol. The van der Waals surface area contributed by atoms with Crippen molar-refractivity contribution in [2.24, 2.45) is 0 Å². The molecule has 0 saturated carbocycles. The molecule has 5 nitrogen and oxygen atoms in total. The average Bonchev–Trinajstić information content (AvgIpc) is 3.82. The zero-order valence-electron chi connectivity index (χ0n) is 30.2. The van der Waals surface area contributed by atoms with E-state index in [1.54, 1.807) is 0 Å². The first-order chi connectivity index (χ1) is 27.7. The monoisotopic (exact) mass is 716 g/mol. The Kier molecular flexibility index (Phi) is 7.42. The van der Waals surface area contributed by atoms with Crippen LogP contribution in [0.1, 0.15) is 0 Å². The van der Waals surface area contributed by atoms with E-state index in [0.717, 1.165) is 88.3 Å². The maximum atomic E-state index is 6.75. The van der Waals surface area contributed by atoms with E-state index in [4.69, 9.17) is 19.4 Å². The highest BCUT2D eigenvalue weighted by Gasteiger charge is 2.20. The van der Waals surface area contributed by atoms with E-state index in [1.165, 1.54) is 0 Å². The highest BCUT2D eigenvalue weighted by molar-refractivity contribution is 6.13. The maximum Gasteiger partial charge on any atom is 0.238 e. The van der Waals surface area contributed by atoms with E-state index in [2.05, 4.69) is 132 Å². The molecule has 11 rings (SSSR count). The van der Waals surface area contributed by atoms with Gasteiger partial charge < -0.3 is 4.42 Å². The Labute approximate surface area is 322 Å². The summed E-state index contributed by atoms with van der Waals surface area (Å²) in [7, 11) is 0. The van der Waals surface area contributed by atoms with E-state index in [0.29, 0.717) is 17.6 Å². The van der Waals surface area contributed by atoms with Crippen molar-refractivity contribution in [3.05, 3.63) is 194 Å². The zero-order valence-corrected chi connectivity index (χ0v) is 30.2. The SMILES string of the molecule is c1ccc(-c2ccc3c(c2)oc2c(-c4ccccc4)cc(-c4ccc5c6ccccc6n(-c6nc(-c7ccccc7)nc(-c7ccccc7)n6)c5c4)cc23)cc1. The predicted octanol–water partition coefficient (Wildman–Crippen LogP) is 13.2. The van der Waals surface area contributed by atoms with Gasteiger partial charge in [-0.25, -0.2) is 4.98 Å². The van der Waals surface area contributed by atoms with Gasteiger partial charge in [0.1, 0.15) is 11.2 Å². The number of nitrogens with zero attached hydrogens (tertiary/aromatic N) is 4. The van der Waals surface area contributed by atoms with Gasteiger partial charge in [-0.15, -0.1) is 0 Å². The van der Waals surface area contributed by atoms with Crippen molar-refractivity contribution in [2.45, 2.75) is 0 Å². The van der Waals surface area contributed by atoms with Crippen LogP contribution < -0.4 is 0 Å². The van der Waals surface area contributed by atoms with Gasteiger partial charge in [-0.2, -0.15) is 9.97 Å². The van der Waals surface area contributed by atoms with Crippen molar-refractivity contribution in [1.29, 1.82) is 0 Å². The third-order valence-electron chi connectivity index (χ3n) is 10.7. The number of rotatable bonds is 6. The summed E-state index contributed by atoms with van der Waals surface area (Å²) in [4.78, 5) is 15.3. The van der Waals surface area contributed by atoms with E-state index in [9.17, 15) is 0 Å². The maximum absolute atomic E-state index is 6.75. The van der Waals surface area contributed by atoms with Gasteiger partial charge in [0.05, 0.1) is 11.0 Å². The Morgan fingerprint density at radius 1 is 0.339 bits per heavy atom. The molecule has 262 valence electrons. The molecule has 0 bridgehead atoms. The van der Waals surface area contributed by atoms with Crippen LogP contribution in [-0.4, -0.2) is 19.5 Å². The van der Waals surface area contributed by atoms with Crippen molar-refractivity contribution in [3.8, 4) is 62.1 Å². The predicted molar refractivity (Wildman–Crippen MR) is 229 cm³/mol. The number of para-hydroxylation sites is 1. The Balaban J connectivity index is 1.15. The van der Waals surface area contributed by atoms with Gasteiger partial charge in [0.15, 0.2) is 11.6 Å². The first kappa shape index (κ1) is 31.9. The smallest absolute Gasteiger partial charge is 0.238 e. The summed E-state index contributed by atoms with van der Waals surface area (Å²) in [6.07, 6.45) is 0. The molecular weight excluding hydrogens is 685 g/mol. The molecule has 56 heavy (non-hydrogen) atoms. The Hall–Kier alpha value is -7.63. The third-order valence-corrected chi connectivity index (χ3v) is 10.7. The fraction of sp³-hybridized carbons (Fsp3) is 0. The summed E-state index contributed by atoms with van der Waals surface area (Å²) < 4.78 is 8.93. The van der Waals surface area contributed by atoms with E-state index < -0.39 is 0 Å². The second-order valence-corrected chi connectivity index (χ2v) is 14.0. The van der Waals surface area contributed by atoms with Crippen LogP contribution in [0.3, 0.4) is 0 Å². The number of fused-ring (bicyclic) bond motifs is 6. The van der Waals surface area contributed by atoms with Crippen LogP contribution in [0.25, 0.3) is 106 Å². The standard InChI is InChI=1S/C51H32N4O/c1-5-15-33(16-6-1)38-26-28-42-44-30-39(29-43(34-17-7-2-8-18-34)48(44)56-47(42)32-38)37-25-27-41-40-23-13-14-24-45(40)55(46(41)31-37)51-53-49(35-19-9-3-10-20-35)52-50(54-51)36-21-11-4-12-22-36/h1-32H. The molecule has 0 spiro atoms. The minimum Gasteiger partial charge on any atom is -0.455 e. The molecule has 0 unspecified atom stereocenters. The van der Waals surface area contributed by atoms with Gasteiger partial charge in [0.2, 0.25) is 5.95 Å². The fourth-order valence-electron chi connectivity index (χ4n) is 7.95. The van der Waals surface area contributed by atoms with E-state index in [-0.39, 0.29) is 0 Å². The molecule has 8 aromatic carbocycles. The van der Waals surface area contributed by atoms with Crippen molar-refractivity contribution in [3.63, 3.8) is 0 Å². The molecular formula is C51H32N4O. The van der Waals surface area contributed by atoms with Gasteiger partial charge in [-0.05, 0) is 64.2 Å². The van der Waals surface area contributed by atoms with Crippen LogP contribution in [0.2, 0.25) is 0 Å². The zero-order chi connectivity index (χ0) is 37.0. The van der Waals surface area contributed by atoms with Crippen LogP contribution in [0, 0.1) is 0 Å². The summed E-state index contributed by atoms with van der Waals surface area (Å²) in [6, 6.07) is 67.5. The summed E-state index contributed by atoms with van der Waals surface area (Å²) in [5, 5.41) is 4.42. The molecule has 0 N–H and O–H groups in total. The summed E-state index contributed by atoms with van der Waals surface area (Å²) >= 11 is 0. The first-order valence-electron chi connectivity index (χ1n) is 18.8. The van der Waals surface area contributed by atoms with Crippen molar-refractivity contribution in [1.82, 2.24) is 19.5 Å². The molecule has 3 heterocycles. The van der Waals surface area contributed by atoms with Crippen LogP contribution in [0.4, 0.5) is 0 Å². The highest BCUT2D eigenvalue weighted by Crippen LogP contribution is 2.42. The number of benzene rings is 8. The molecule has 5 heteroatoms. The first-order valence-corrected chi connectivity index (χ1v) is 18.8. The molecule has 0 amide bonds. The molecule has 0 aliphatic heterocycles. The van der Waals surface area contributed by atoms with E-state index >= 15 is 0 Å². The second kappa shape index (κ2) is 13.0. The molecule has 0 atom stereocenters. The van der Waals surface area contributed by atoms with Gasteiger partial charge in [0, 0.05) is 38.2 Å². The lowest BCUT2D eigenvalue weighted by molar-refractivity contribution is 0.670. The normalized spacial score (nSPS) is 11.6. The molecule has 11 aromatic rings. The minimum absolute atomic E-state index is 0.566. The molecule has 3 aromatic heterocycles. The molecule has 0 aliphatic rings. The van der Waals surface area contributed by atoms with Gasteiger partial charge in [-0.3, -0.25) is 4.57 Å². The largest absolute Gasteiger partial charge is 0.455 e. The lowest BCUT2D eigenvalue weighted by atomic mass is 9.95. The van der Waals surface area contributed by atoms with Crippen molar-refractivity contribution < 1.29 is 4.42 Å². The Morgan fingerprint density at radius 2 is 0.875 bits per heavy atom. The second-order valence-electron chi connectivity index (χ2n) is 14.0. The quantitative estimate of drug-likeness (QED) is 0.172. The summed E-state index contributed by atoms with van der Waals surface area (Å²) in [5.74, 6) is 1.81. The van der Waals surface area contributed by atoms with Gasteiger partial charge in [0.25, 0.3) is 0 Å². The van der Waals surface area contributed by atoms with Crippen LogP contribution >= 0.6 is 0 Å². The number of hydrogen-bond donors (Lipinski definition) is 0. The van der Waals surface area contributed by atoms with Crippen LogP contribution in [-0.2, 0) is 0 Å². The summed E-state index contributed by atoms with van der Waals surface area (Å²) in [5.41, 5.74) is 12.3. The van der Waals surface area contributed by atoms with Crippen LogP contribution in [0.15, 0.2) is 199 Å². The summed E-state index contributed by atoms with van der Waals surface area (Å²) in [6.45, 7) is 0. The Bertz CT molecular complexity index is 3170. The number of furan rings is 1. The number of aromatic nitrogens is 4. The number of hydrogen-bond acceptors (Lipinski definition) is 4. The highest BCUT2D eigenvalue weighted by atomic mass is 16.3. The lowest BCUT2D eigenvalue weighted by Crippen LogP contribution is -2.06. The fourth-order valence-corrected chi connectivity index (χ4v) is 7.95. The van der Waals surface area contributed by atoms with Crippen molar-refractivity contribution >= 4 is 43.7 Å². The van der Waals surface area contributed by atoms with Crippen molar-refractivity contribution in [2.75, 3.05) is 0 Å². The Morgan fingerprint density at radius 3 is 1.54 bits per heavy atom. The van der Waals surface area contributed by atoms with Gasteiger partial charge in [-0.1, -0.05) is 158 Å². The van der Waals surface area contributed by atoms with E-state index in [1.807, 2.05) is 66.7 Å². The third kappa shape index (κ3) is 5.37. The minimum atomic E-state index is 0.566. The van der Waals surface area contributed by atoms with Crippen LogP contribution in [0.5, 0.6) is 0 Å². The lowest BCUT2D eigenvalue weighted by Gasteiger charge is -2.12. The molecule has 0 radical (unpaired) electrons. The topological polar surface area (TPSA) is 56.7 Å².